The number of H-pyrrole nitrogens is 1. The van der Waals surface area contributed by atoms with Gasteiger partial charge < -0.3 is 15.0 Å². The highest BCUT2D eigenvalue weighted by atomic mass is 16.5. The average Bonchev–Trinajstić information content (AvgIpc) is 2.82. The van der Waals surface area contributed by atoms with Crippen LogP contribution in [0.3, 0.4) is 0 Å². The van der Waals surface area contributed by atoms with E-state index in [1.807, 2.05) is 6.20 Å². The Morgan fingerprint density at radius 3 is 3.24 bits per heavy atom. The highest BCUT2D eigenvalue weighted by molar-refractivity contribution is 4.95. The van der Waals surface area contributed by atoms with E-state index in [9.17, 15) is 0 Å². The highest BCUT2D eigenvalue weighted by Gasteiger charge is 2.31. The third kappa shape index (κ3) is 3.54. The Morgan fingerprint density at radius 2 is 2.53 bits per heavy atom. The Balaban J connectivity index is 1.72. The number of hydrogen-bond donors (Lipinski definition) is 2. The number of imidazole rings is 1. The molecule has 1 aliphatic rings. The van der Waals surface area contributed by atoms with Gasteiger partial charge in [-0.15, -0.1) is 0 Å². The normalized spacial score (nSPS) is 29.4. The maximum absolute atomic E-state index is 5.84. The number of ether oxygens (including phenoxy) is 1. The molecular formula is C13H23N3O. The van der Waals surface area contributed by atoms with Crippen LogP contribution >= 0.6 is 0 Å². The first-order valence-corrected chi connectivity index (χ1v) is 6.56. The van der Waals surface area contributed by atoms with Gasteiger partial charge in [0.15, 0.2) is 0 Å². The summed E-state index contributed by atoms with van der Waals surface area (Å²) < 4.78 is 5.84. The Kier molecular flexibility index (Phi) is 4.18. The molecule has 17 heavy (non-hydrogen) atoms. The van der Waals surface area contributed by atoms with E-state index in [-0.39, 0.29) is 5.60 Å². The lowest BCUT2D eigenvalue weighted by molar-refractivity contribution is -0.0778. The van der Waals surface area contributed by atoms with Crippen LogP contribution in [-0.4, -0.2) is 34.8 Å². The van der Waals surface area contributed by atoms with Crippen molar-refractivity contribution in [3.8, 4) is 0 Å². The predicted octanol–water partition coefficient (Wildman–Crippen LogP) is 1.89. The van der Waals surface area contributed by atoms with E-state index in [4.69, 9.17) is 4.74 Å². The van der Waals surface area contributed by atoms with Crippen molar-refractivity contribution in [3.63, 3.8) is 0 Å². The number of nitrogens with zero attached hydrogens (tertiary/aromatic N) is 1. The monoisotopic (exact) mass is 237 g/mol. The lowest BCUT2D eigenvalue weighted by Crippen LogP contribution is -2.45. The minimum atomic E-state index is 0.0733. The van der Waals surface area contributed by atoms with E-state index in [1.165, 1.54) is 5.69 Å². The van der Waals surface area contributed by atoms with Gasteiger partial charge in [-0.2, -0.15) is 0 Å². The SMILES string of the molecule is CCC1(C)CC(NCCc2cnc[nH]2)CCO1. The van der Waals surface area contributed by atoms with Crippen molar-refractivity contribution in [2.75, 3.05) is 13.2 Å². The highest BCUT2D eigenvalue weighted by Crippen LogP contribution is 2.27. The van der Waals surface area contributed by atoms with Gasteiger partial charge in [0.25, 0.3) is 0 Å². The zero-order valence-electron chi connectivity index (χ0n) is 10.8. The molecule has 0 spiro atoms. The molecule has 2 atom stereocenters. The van der Waals surface area contributed by atoms with Gasteiger partial charge in [0, 0.05) is 37.5 Å². The number of aromatic amines is 1. The van der Waals surface area contributed by atoms with Gasteiger partial charge >= 0.3 is 0 Å². The van der Waals surface area contributed by atoms with Crippen molar-refractivity contribution in [2.24, 2.45) is 0 Å². The molecule has 2 N–H and O–H groups in total. The third-order valence-electron chi connectivity index (χ3n) is 3.73. The van der Waals surface area contributed by atoms with E-state index < -0.39 is 0 Å². The Labute approximate surface area is 103 Å². The number of nitrogens with one attached hydrogen (secondary N) is 2. The maximum atomic E-state index is 5.84. The van der Waals surface area contributed by atoms with Crippen molar-refractivity contribution < 1.29 is 4.74 Å². The van der Waals surface area contributed by atoms with Crippen molar-refractivity contribution in [3.05, 3.63) is 18.2 Å². The van der Waals surface area contributed by atoms with Gasteiger partial charge in [0.1, 0.15) is 0 Å². The molecule has 2 rings (SSSR count). The molecule has 1 aliphatic heterocycles. The van der Waals surface area contributed by atoms with Crippen LogP contribution in [0, 0.1) is 0 Å². The molecule has 1 aromatic heterocycles. The molecule has 2 heterocycles. The molecule has 4 heteroatoms. The van der Waals surface area contributed by atoms with Crippen LogP contribution in [0.2, 0.25) is 0 Å². The second-order valence-corrected chi connectivity index (χ2v) is 5.12. The van der Waals surface area contributed by atoms with Crippen molar-refractivity contribution >= 4 is 0 Å². The zero-order chi connectivity index (χ0) is 12.1. The van der Waals surface area contributed by atoms with Crippen LogP contribution in [-0.2, 0) is 11.2 Å². The molecule has 4 nitrogen and oxygen atoms in total. The van der Waals surface area contributed by atoms with Crippen molar-refractivity contribution in [1.29, 1.82) is 0 Å². The van der Waals surface area contributed by atoms with E-state index in [0.717, 1.165) is 38.8 Å². The summed E-state index contributed by atoms with van der Waals surface area (Å²) in [6, 6.07) is 0.594. The predicted molar refractivity (Wildman–Crippen MR) is 68.0 cm³/mol. The molecule has 0 aliphatic carbocycles. The van der Waals surface area contributed by atoms with E-state index in [0.29, 0.717) is 6.04 Å². The van der Waals surface area contributed by atoms with Gasteiger partial charge in [-0.05, 0) is 26.2 Å². The van der Waals surface area contributed by atoms with E-state index in [2.05, 4.69) is 29.1 Å². The first kappa shape index (κ1) is 12.6. The van der Waals surface area contributed by atoms with Gasteiger partial charge in [-0.1, -0.05) is 6.92 Å². The smallest absolute Gasteiger partial charge is 0.0921 e. The molecule has 2 unspecified atom stereocenters. The standard InChI is InChI=1S/C13H23N3O/c1-3-13(2)8-11(5-7-17-13)15-6-4-12-9-14-10-16-12/h9-11,15H,3-8H2,1-2H3,(H,14,16). The van der Waals surface area contributed by atoms with E-state index >= 15 is 0 Å². The van der Waals surface area contributed by atoms with Crippen molar-refractivity contribution in [2.45, 2.75) is 51.2 Å². The van der Waals surface area contributed by atoms with Crippen LogP contribution in [0.15, 0.2) is 12.5 Å². The summed E-state index contributed by atoms with van der Waals surface area (Å²) in [6.07, 6.45) is 7.97. The number of hydrogen-bond acceptors (Lipinski definition) is 3. The summed E-state index contributed by atoms with van der Waals surface area (Å²) in [5.74, 6) is 0. The number of aromatic nitrogens is 2. The Bertz CT molecular complexity index is 325. The third-order valence-corrected chi connectivity index (χ3v) is 3.73. The quantitative estimate of drug-likeness (QED) is 0.822. The van der Waals surface area contributed by atoms with Crippen molar-refractivity contribution in [1.82, 2.24) is 15.3 Å². The topological polar surface area (TPSA) is 49.9 Å². The minimum absolute atomic E-state index is 0.0733. The molecule has 0 saturated carbocycles. The van der Waals surface area contributed by atoms with Crippen LogP contribution in [0.4, 0.5) is 0 Å². The van der Waals surface area contributed by atoms with Gasteiger partial charge in [0.05, 0.1) is 11.9 Å². The summed E-state index contributed by atoms with van der Waals surface area (Å²) in [5.41, 5.74) is 1.27. The fourth-order valence-electron chi connectivity index (χ4n) is 2.38. The molecule has 0 amide bonds. The Hall–Kier alpha value is -0.870. The summed E-state index contributed by atoms with van der Waals surface area (Å²) in [6.45, 7) is 6.31. The largest absolute Gasteiger partial charge is 0.375 e. The molecular weight excluding hydrogens is 214 g/mol. The lowest BCUT2D eigenvalue weighted by Gasteiger charge is -2.38. The van der Waals surface area contributed by atoms with Gasteiger partial charge in [0.2, 0.25) is 0 Å². The summed E-state index contributed by atoms with van der Waals surface area (Å²) in [7, 11) is 0. The molecule has 1 fully saturated rings. The second-order valence-electron chi connectivity index (χ2n) is 5.12. The van der Waals surface area contributed by atoms with Crippen LogP contribution in [0.1, 0.15) is 38.8 Å². The van der Waals surface area contributed by atoms with Crippen LogP contribution in [0.5, 0.6) is 0 Å². The maximum Gasteiger partial charge on any atom is 0.0921 e. The fraction of sp³-hybridized carbons (Fsp3) is 0.769. The average molecular weight is 237 g/mol. The van der Waals surface area contributed by atoms with Gasteiger partial charge in [-0.3, -0.25) is 0 Å². The molecule has 0 aromatic carbocycles. The first-order chi connectivity index (χ1) is 8.22. The minimum Gasteiger partial charge on any atom is -0.375 e. The van der Waals surface area contributed by atoms with Crippen LogP contribution in [0.25, 0.3) is 0 Å². The summed E-state index contributed by atoms with van der Waals surface area (Å²) in [5, 5.41) is 3.62. The molecule has 1 saturated heterocycles. The molecule has 96 valence electrons. The Morgan fingerprint density at radius 1 is 1.65 bits per heavy atom. The summed E-state index contributed by atoms with van der Waals surface area (Å²) >= 11 is 0. The lowest BCUT2D eigenvalue weighted by atomic mass is 9.90. The fourth-order valence-corrected chi connectivity index (χ4v) is 2.38. The zero-order valence-corrected chi connectivity index (χ0v) is 10.8. The first-order valence-electron chi connectivity index (χ1n) is 6.56. The molecule has 0 radical (unpaired) electrons. The van der Waals surface area contributed by atoms with Gasteiger partial charge in [-0.25, -0.2) is 4.98 Å². The van der Waals surface area contributed by atoms with E-state index in [1.54, 1.807) is 6.33 Å². The second kappa shape index (κ2) is 5.65. The molecule has 1 aromatic rings. The number of rotatable bonds is 5. The summed E-state index contributed by atoms with van der Waals surface area (Å²) in [4.78, 5) is 7.15. The van der Waals surface area contributed by atoms with Crippen LogP contribution < -0.4 is 5.32 Å². The molecule has 0 bridgehead atoms.